The number of benzene rings is 1. The van der Waals surface area contributed by atoms with Crippen molar-refractivity contribution in [3.63, 3.8) is 0 Å². The monoisotopic (exact) mass is 459 g/mol. The number of hydrogen-bond acceptors (Lipinski definition) is 5. The van der Waals surface area contributed by atoms with Crippen LogP contribution in [-0.2, 0) is 9.53 Å². The van der Waals surface area contributed by atoms with Crippen LogP contribution in [0.3, 0.4) is 0 Å². The molecule has 2 aliphatic rings. The van der Waals surface area contributed by atoms with Crippen LogP contribution in [-0.4, -0.2) is 65.0 Å². The Kier molecular flexibility index (Phi) is 6.26. The van der Waals surface area contributed by atoms with E-state index in [1.54, 1.807) is 41.3 Å². The van der Waals surface area contributed by atoms with Gasteiger partial charge in [0.25, 0.3) is 11.8 Å². The predicted molar refractivity (Wildman–Crippen MR) is 117 cm³/mol. The Balaban J connectivity index is 1.56. The summed E-state index contributed by atoms with van der Waals surface area (Å²) in [6.45, 7) is 4.54. The van der Waals surface area contributed by atoms with Gasteiger partial charge in [-0.2, -0.15) is 0 Å². The second kappa shape index (κ2) is 8.96. The normalized spacial score (nSPS) is 20.1. The average molecular weight is 460 g/mol. The van der Waals surface area contributed by atoms with Crippen molar-refractivity contribution >= 4 is 29.3 Å². The van der Waals surface area contributed by atoms with Gasteiger partial charge in [-0.25, -0.2) is 0 Å². The highest BCUT2D eigenvalue weighted by atomic mass is 35.5. The topological polar surface area (TPSA) is 92.1 Å². The van der Waals surface area contributed by atoms with Crippen LogP contribution < -0.4 is 5.32 Å². The molecule has 1 atom stereocenters. The fourth-order valence-corrected chi connectivity index (χ4v) is 4.55. The van der Waals surface area contributed by atoms with Gasteiger partial charge in [0, 0.05) is 32.0 Å². The molecule has 0 aliphatic carbocycles. The number of hydrogen-bond donors (Lipinski definition) is 1. The van der Waals surface area contributed by atoms with Crippen LogP contribution in [0.25, 0.3) is 0 Å². The second-order valence-corrected chi connectivity index (χ2v) is 8.77. The number of amides is 3. The number of furan rings is 1. The molecule has 9 heteroatoms. The molecule has 2 saturated heterocycles. The lowest BCUT2D eigenvalue weighted by atomic mass is 9.96. The van der Waals surface area contributed by atoms with Crippen molar-refractivity contribution in [2.24, 2.45) is 0 Å². The van der Waals surface area contributed by atoms with E-state index in [-0.39, 0.29) is 30.2 Å². The molecule has 1 aromatic carbocycles. The summed E-state index contributed by atoms with van der Waals surface area (Å²) in [4.78, 5) is 42.4. The summed E-state index contributed by atoms with van der Waals surface area (Å²) in [6.07, 6.45) is 2.17. The molecule has 1 aromatic heterocycles. The van der Waals surface area contributed by atoms with Gasteiger partial charge in [-0.1, -0.05) is 23.7 Å². The smallest absolute Gasteiger partial charge is 0.292 e. The first-order valence-electron chi connectivity index (χ1n) is 10.7. The lowest BCUT2D eigenvalue weighted by molar-refractivity contribution is -0.128. The van der Waals surface area contributed by atoms with E-state index < -0.39 is 17.7 Å². The maximum atomic E-state index is 13.3. The number of halogens is 1. The van der Waals surface area contributed by atoms with Crippen molar-refractivity contribution in [3.05, 3.63) is 59.0 Å². The largest absolute Gasteiger partial charge is 0.459 e. The van der Waals surface area contributed by atoms with Crippen molar-refractivity contribution in [2.45, 2.75) is 44.5 Å². The molecule has 4 rings (SSSR count). The number of piperidine rings is 1. The lowest BCUT2D eigenvalue weighted by Gasteiger charge is -2.44. The maximum absolute atomic E-state index is 13.3. The molecule has 0 radical (unpaired) electrons. The van der Waals surface area contributed by atoms with Crippen molar-refractivity contribution in [3.8, 4) is 0 Å². The number of carbonyl (C=O) groups is 3. The Morgan fingerprint density at radius 2 is 1.81 bits per heavy atom. The van der Waals surface area contributed by atoms with E-state index in [0.29, 0.717) is 36.5 Å². The number of likely N-dealkylation sites (tertiary alicyclic amines) is 1. The van der Waals surface area contributed by atoms with Gasteiger partial charge in [-0.3, -0.25) is 19.3 Å². The van der Waals surface area contributed by atoms with E-state index in [1.165, 1.54) is 11.2 Å². The minimum Gasteiger partial charge on any atom is -0.459 e. The Labute approximate surface area is 191 Å². The Bertz CT molecular complexity index is 999. The van der Waals surface area contributed by atoms with Crippen LogP contribution in [0.2, 0.25) is 5.02 Å². The molecule has 3 heterocycles. The summed E-state index contributed by atoms with van der Waals surface area (Å²) < 4.78 is 11.4. The van der Waals surface area contributed by atoms with Crippen LogP contribution in [0.1, 0.15) is 47.6 Å². The highest BCUT2D eigenvalue weighted by Crippen LogP contribution is 2.39. The Morgan fingerprint density at radius 3 is 2.44 bits per heavy atom. The maximum Gasteiger partial charge on any atom is 0.292 e. The van der Waals surface area contributed by atoms with Crippen molar-refractivity contribution in [2.75, 3.05) is 19.7 Å². The molecule has 1 unspecified atom stereocenters. The summed E-state index contributed by atoms with van der Waals surface area (Å²) in [5.74, 6) is -0.693. The number of ether oxygens (including phenoxy) is 1. The third-order valence-corrected chi connectivity index (χ3v) is 6.21. The fraction of sp³-hybridized carbons (Fsp3) is 0.435. The third-order valence-electron chi connectivity index (χ3n) is 5.88. The van der Waals surface area contributed by atoms with E-state index in [0.717, 1.165) is 0 Å². The molecule has 2 aliphatic heterocycles. The van der Waals surface area contributed by atoms with Gasteiger partial charge in [-0.05, 0) is 38.1 Å². The first kappa shape index (κ1) is 22.4. The predicted octanol–water partition coefficient (Wildman–Crippen LogP) is 2.93. The van der Waals surface area contributed by atoms with Crippen LogP contribution >= 0.6 is 11.6 Å². The van der Waals surface area contributed by atoms with Crippen molar-refractivity contribution in [1.29, 1.82) is 0 Å². The van der Waals surface area contributed by atoms with Gasteiger partial charge in [0.1, 0.15) is 11.8 Å². The highest BCUT2D eigenvalue weighted by Gasteiger charge is 2.54. The van der Waals surface area contributed by atoms with Gasteiger partial charge in [0.15, 0.2) is 5.76 Å². The molecule has 2 fully saturated rings. The van der Waals surface area contributed by atoms with Crippen LogP contribution in [0, 0.1) is 0 Å². The summed E-state index contributed by atoms with van der Waals surface area (Å²) >= 11 is 6.20. The van der Waals surface area contributed by atoms with E-state index >= 15 is 0 Å². The van der Waals surface area contributed by atoms with Crippen LogP contribution in [0.4, 0.5) is 0 Å². The van der Waals surface area contributed by atoms with E-state index in [4.69, 9.17) is 20.8 Å². The highest BCUT2D eigenvalue weighted by molar-refractivity contribution is 6.33. The molecule has 1 N–H and O–H groups in total. The number of nitrogens with one attached hydrogen (secondary N) is 1. The summed E-state index contributed by atoms with van der Waals surface area (Å²) in [7, 11) is 0. The van der Waals surface area contributed by atoms with E-state index in [1.807, 2.05) is 13.8 Å². The average Bonchev–Trinajstić information content (AvgIpc) is 3.42. The SMILES string of the molecule is CC(C)NC(=O)C1COC2(CCN(C(=O)c3ccccc3Cl)CC2)N1C(=O)c1ccco1. The molecular weight excluding hydrogens is 434 g/mol. The summed E-state index contributed by atoms with van der Waals surface area (Å²) in [6, 6.07) is 9.27. The van der Waals surface area contributed by atoms with Gasteiger partial charge >= 0.3 is 0 Å². The molecular formula is C23H26ClN3O5. The van der Waals surface area contributed by atoms with Crippen molar-refractivity contribution < 1.29 is 23.5 Å². The molecule has 0 bridgehead atoms. The summed E-state index contributed by atoms with van der Waals surface area (Å²) in [5, 5.41) is 3.27. The zero-order valence-electron chi connectivity index (χ0n) is 18.0. The van der Waals surface area contributed by atoms with Crippen LogP contribution in [0.5, 0.6) is 0 Å². The Morgan fingerprint density at radius 1 is 1.09 bits per heavy atom. The van der Waals surface area contributed by atoms with E-state index in [2.05, 4.69) is 5.32 Å². The van der Waals surface area contributed by atoms with Gasteiger partial charge in [0.2, 0.25) is 5.91 Å². The quantitative estimate of drug-likeness (QED) is 0.759. The zero-order chi connectivity index (χ0) is 22.9. The minimum atomic E-state index is -0.986. The molecule has 1 spiro atoms. The van der Waals surface area contributed by atoms with Crippen LogP contribution in [0.15, 0.2) is 47.1 Å². The number of nitrogens with zero attached hydrogens (tertiary/aromatic N) is 2. The van der Waals surface area contributed by atoms with Gasteiger partial charge in [0.05, 0.1) is 23.5 Å². The molecule has 8 nitrogen and oxygen atoms in total. The van der Waals surface area contributed by atoms with Gasteiger partial charge < -0.3 is 19.4 Å². The molecule has 170 valence electrons. The second-order valence-electron chi connectivity index (χ2n) is 8.36. The standard InChI is InChI=1S/C23H26ClN3O5/c1-15(2)25-20(28)18-14-32-23(27(18)22(30)19-8-5-13-31-19)9-11-26(12-10-23)21(29)16-6-3-4-7-17(16)24/h3-8,13,15,18H,9-12,14H2,1-2H3,(H,25,28). The molecule has 3 amide bonds. The lowest BCUT2D eigenvalue weighted by Crippen LogP contribution is -2.60. The van der Waals surface area contributed by atoms with E-state index in [9.17, 15) is 14.4 Å². The minimum absolute atomic E-state index is 0.0743. The molecule has 0 saturated carbocycles. The van der Waals surface area contributed by atoms with Crippen molar-refractivity contribution in [1.82, 2.24) is 15.1 Å². The first-order valence-corrected chi connectivity index (χ1v) is 11.1. The zero-order valence-corrected chi connectivity index (χ0v) is 18.8. The molecule has 2 aromatic rings. The van der Waals surface area contributed by atoms with Gasteiger partial charge in [-0.15, -0.1) is 0 Å². The first-order chi connectivity index (χ1) is 15.3. The molecule has 32 heavy (non-hydrogen) atoms. The number of rotatable bonds is 4. The number of carbonyl (C=O) groups excluding carboxylic acids is 3. The fourth-order valence-electron chi connectivity index (χ4n) is 4.33. The summed E-state index contributed by atoms with van der Waals surface area (Å²) in [5.41, 5.74) is -0.546. The Hall–Kier alpha value is -2.84. The third kappa shape index (κ3) is 4.12.